The minimum absolute atomic E-state index is 0.274. The Kier molecular flexibility index (Phi) is 3.96. The third-order valence-electron chi connectivity index (χ3n) is 2.93. The molecule has 0 fully saturated rings. The number of thiol groups is 1. The van der Waals surface area contributed by atoms with Crippen molar-refractivity contribution in [1.29, 1.82) is 0 Å². The van der Waals surface area contributed by atoms with E-state index in [1.807, 2.05) is 12.1 Å². The second kappa shape index (κ2) is 6.05. The summed E-state index contributed by atoms with van der Waals surface area (Å²) in [5, 5.41) is 3.88. The number of rotatable bonds is 4. The molecule has 0 bridgehead atoms. The largest absolute Gasteiger partial charge is 0.334 e. The van der Waals surface area contributed by atoms with Crippen LogP contribution in [0.3, 0.4) is 0 Å². The molecule has 3 rings (SSSR count). The predicted molar refractivity (Wildman–Crippen MR) is 80.5 cm³/mol. The van der Waals surface area contributed by atoms with Gasteiger partial charge in [-0.15, -0.1) is 0 Å². The number of aryl methyl sites for hydroxylation is 1. The molecule has 21 heavy (non-hydrogen) atoms. The summed E-state index contributed by atoms with van der Waals surface area (Å²) in [5.74, 6) is 0.967. The lowest BCUT2D eigenvalue weighted by Crippen LogP contribution is -1.90. The van der Waals surface area contributed by atoms with Gasteiger partial charge in [-0.3, -0.25) is 4.98 Å². The van der Waals surface area contributed by atoms with Crippen LogP contribution in [0.4, 0.5) is 4.39 Å². The Morgan fingerprint density at radius 3 is 2.86 bits per heavy atom. The van der Waals surface area contributed by atoms with E-state index in [1.54, 1.807) is 18.3 Å². The number of hydrogen-bond acceptors (Lipinski definition) is 5. The highest BCUT2D eigenvalue weighted by atomic mass is 32.1. The van der Waals surface area contributed by atoms with Gasteiger partial charge < -0.3 is 4.52 Å². The minimum atomic E-state index is -0.332. The topological polar surface area (TPSA) is 51.8 Å². The van der Waals surface area contributed by atoms with Crippen molar-refractivity contribution in [2.75, 3.05) is 5.75 Å². The standard InChI is InChI=1S/C15H12FN3OS/c16-12-8-10(4-6-21)7-11(9-12)15-18-14(19-20-15)13-3-1-2-5-17-13/h1-3,5,7-9,21H,4,6H2. The first-order valence-corrected chi connectivity index (χ1v) is 7.05. The Hall–Kier alpha value is -2.21. The number of halogens is 1. The van der Waals surface area contributed by atoms with Gasteiger partial charge in [0.2, 0.25) is 5.82 Å². The summed E-state index contributed by atoms with van der Waals surface area (Å²) < 4.78 is 18.8. The fourth-order valence-electron chi connectivity index (χ4n) is 1.99. The third-order valence-corrected chi connectivity index (χ3v) is 3.15. The van der Waals surface area contributed by atoms with Crippen molar-refractivity contribution in [2.45, 2.75) is 6.42 Å². The first-order chi connectivity index (χ1) is 10.3. The van der Waals surface area contributed by atoms with Crippen LogP contribution in [-0.2, 0) is 6.42 Å². The van der Waals surface area contributed by atoms with Gasteiger partial charge >= 0.3 is 0 Å². The van der Waals surface area contributed by atoms with Crippen LogP contribution in [0.1, 0.15) is 5.56 Å². The van der Waals surface area contributed by atoms with E-state index >= 15 is 0 Å². The van der Waals surface area contributed by atoms with Crippen LogP contribution in [0.2, 0.25) is 0 Å². The summed E-state index contributed by atoms with van der Waals surface area (Å²) in [5.41, 5.74) is 2.01. The van der Waals surface area contributed by atoms with E-state index in [1.165, 1.54) is 12.1 Å². The summed E-state index contributed by atoms with van der Waals surface area (Å²) >= 11 is 4.16. The molecule has 106 valence electrons. The first kappa shape index (κ1) is 13.8. The van der Waals surface area contributed by atoms with Gasteiger partial charge in [0.15, 0.2) is 0 Å². The monoisotopic (exact) mass is 301 g/mol. The van der Waals surface area contributed by atoms with Gasteiger partial charge in [-0.2, -0.15) is 17.6 Å². The minimum Gasteiger partial charge on any atom is -0.334 e. The number of hydrogen-bond donors (Lipinski definition) is 1. The van der Waals surface area contributed by atoms with Crippen LogP contribution in [0, 0.1) is 5.82 Å². The number of nitrogens with zero attached hydrogens (tertiary/aromatic N) is 3. The summed E-state index contributed by atoms with van der Waals surface area (Å²) in [6.45, 7) is 0. The Balaban J connectivity index is 1.96. The summed E-state index contributed by atoms with van der Waals surface area (Å²) in [6, 6.07) is 10.1. The van der Waals surface area contributed by atoms with E-state index in [9.17, 15) is 4.39 Å². The van der Waals surface area contributed by atoms with Crippen LogP contribution in [0.25, 0.3) is 23.0 Å². The number of benzene rings is 1. The molecule has 0 saturated heterocycles. The molecule has 0 radical (unpaired) electrons. The van der Waals surface area contributed by atoms with Crippen molar-refractivity contribution >= 4 is 12.6 Å². The quantitative estimate of drug-likeness (QED) is 0.750. The number of pyridine rings is 1. The molecule has 0 atom stereocenters. The van der Waals surface area contributed by atoms with Gasteiger partial charge in [0.25, 0.3) is 5.89 Å². The van der Waals surface area contributed by atoms with Crippen LogP contribution >= 0.6 is 12.6 Å². The highest BCUT2D eigenvalue weighted by Crippen LogP contribution is 2.23. The molecule has 0 unspecified atom stereocenters. The van der Waals surface area contributed by atoms with E-state index in [4.69, 9.17) is 4.52 Å². The van der Waals surface area contributed by atoms with E-state index in [0.717, 1.165) is 5.56 Å². The molecule has 4 nitrogen and oxygen atoms in total. The zero-order valence-electron chi connectivity index (χ0n) is 11.0. The zero-order chi connectivity index (χ0) is 14.7. The Bertz CT molecular complexity index is 746. The second-order valence-electron chi connectivity index (χ2n) is 4.46. The second-order valence-corrected chi connectivity index (χ2v) is 4.91. The highest BCUT2D eigenvalue weighted by molar-refractivity contribution is 7.80. The Morgan fingerprint density at radius 2 is 2.10 bits per heavy atom. The summed E-state index contributed by atoms with van der Waals surface area (Å²) in [7, 11) is 0. The van der Waals surface area contributed by atoms with Crippen LogP contribution in [0.15, 0.2) is 47.1 Å². The maximum absolute atomic E-state index is 13.6. The smallest absolute Gasteiger partial charge is 0.258 e. The van der Waals surface area contributed by atoms with Crippen LogP contribution < -0.4 is 0 Å². The van der Waals surface area contributed by atoms with E-state index in [-0.39, 0.29) is 11.7 Å². The third kappa shape index (κ3) is 3.11. The molecule has 0 N–H and O–H groups in total. The van der Waals surface area contributed by atoms with Gasteiger partial charge in [-0.25, -0.2) is 4.39 Å². The average molecular weight is 301 g/mol. The maximum Gasteiger partial charge on any atom is 0.258 e. The van der Waals surface area contributed by atoms with Gasteiger partial charge in [0, 0.05) is 11.8 Å². The average Bonchev–Trinajstić information content (AvgIpc) is 2.98. The van der Waals surface area contributed by atoms with E-state index in [0.29, 0.717) is 29.3 Å². The summed E-state index contributed by atoms with van der Waals surface area (Å²) in [4.78, 5) is 8.42. The zero-order valence-corrected chi connectivity index (χ0v) is 11.9. The van der Waals surface area contributed by atoms with Crippen molar-refractivity contribution in [3.05, 3.63) is 54.0 Å². The van der Waals surface area contributed by atoms with Crippen LogP contribution in [-0.4, -0.2) is 20.9 Å². The normalized spacial score (nSPS) is 10.8. The molecule has 6 heteroatoms. The van der Waals surface area contributed by atoms with Crippen molar-refractivity contribution in [2.24, 2.45) is 0 Å². The molecular formula is C15H12FN3OS. The molecule has 1 aromatic carbocycles. The fourth-order valence-corrected chi connectivity index (χ4v) is 2.25. The van der Waals surface area contributed by atoms with Gasteiger partial charge in [-0.05, 0) is 48.1 Å². The first-order valence-electron chi connectivity index (χ1n) is 6.42. The lowest BCUT2D eigenvalue weighted by molar-refractivity contribution is 0.431. The molecule has 0 aliphatic rings. The molecule has 0 spiro atoms. The van der Waals surface area contributed by atoms with Gasteiger partial charge in [-0.1, -0.05) is 11.2 Å². The number of aromatic nitrogens is 3. The molecule has 0 aliphatic heterocycles. The molecule has 0 amide bonds. The predicted octanol–water partition coefficient (Wildman–Crippen LogP) is 3.41. The SMILES string of the molecule is Fc1cc(CCS)cc(-c2nc(-c3ccccn3)no2)c1. The Labute approximate surface area is 126 Å². The molecule has 2 aromatic heterocycles. The van der Waals surface area contributed by atoms with Crippen molar-refractivity contribution in [3.8, 4) is 23.0 Å². The van der Waals surface area contributed by atoms with Gasteiger partial charge in [0.05, 0.1) is 0 Å². The lowest BCUT2D eigenvalue weighted by atomic mass is 10.1. The maximum atomic E-state index is 13.6. The molecule has 0 saturated carbocycles. The van der Waals surface area contributed by atoms with Gasteiger partial charge in [0.1, 0.15) is 11.5 Å². The highest BCUT2D eigenvalue weighted by Gasteiger charge is 2.13. The van der Waals surface area contributed by atoms with E-state index < -0.39 is 0 Å². The molecule has 0 aliphatic carbocycles. The molecular weight excluding hydrogens is 289 g/mol. The van der Waals surface area contributed by atoms with Crippen molar-refractivity contribution in [3.63, 3.8) is 0 Å². The molecule has 3 aromatic rings. The summed E-state index contributed by atoms with van der Waals surface area (Å²) in [6.07, 6.45) is 2.33. The molecule has 2 heterocycles. The Morgan fingerprint density at radius 1 is 1.19 bits per heavy atom. The van der Waals surface area contributed by atoms with Crippen molar-refractivity contribution in [1.82, 2.24) is 15.1 Å². The van der Waals surface area contributed by atoms with Crippen molar-refractivity contribution < 1.29 is 8.91 Å². The lowest BCUT2D eigenvalue weighted by Gasteiger charge is -2.01. The van der Waals surface area contributed by atoms with Crippen LogP contribution in [0.5, 0.6) is 0 Å². The van der Waals surface area contributed by atoms with E-state index in [2.05, 4.69) is 27.8 Å². The fraction of sp³-hybridized carbons (Fsp3) is 0.133.